The first kappa shape index (κ1) is 13.3. The quantitative estimate of drug-likeness (QED) is 0.390. The third kappa shape index (κ3) is 11.5. The van der Waals surface area contributed by atoms with Gasteiger partial charge in [0.05, 0.1) is 5.41 Å². The fraction of sp³-hybridized carbons (Fsp3) is 0. The smallest absolute Gasteiger partial charge is 0.478 e. The van der Waals surface area contributed by atoms with Crippen LogP contribution in [0.3, 0.4) is 0 Å². The van der Waals surface area contributed by atoms with Gasteiger partial charge in [0.2, 0.25) is 0 Å². The van der Waals surface area contributed by atoms with E-state index in [2.05, 4.69) is 0 Å². The normalized spacial score (nSPS) is 10.9. The Morgan fingerprint density at radius 1 is 1.40 bits per heavy atom. The number of hydrogen-bond acceptors (Lipinski definition) is 3. The van der Waals surface area contributed by atoms with Crippen molar-refractivity contribution >= 4 is 65.0 Å². The fourth-order valence-electron chi connectivity index (χ4n) is 0.144. The second-order valence-corrected chi connectivity index (χ2v) is 2.46. The van der Waals surface area contributed by atoms with E-state index in [1.165, 1.54) is 0 Å². The van der Waals surface area contributed by atoms with Crippen molar-refractivity contribution in [2.45, 2.75) is 0 Å². The summed E-state index contributed by atoms with van der Waals surface area (Å²) >= 11 is 0. The molecule has 0 atom stereocenters. The van der Waals surface area contributed by atoms with Crippen LogP contribution in [-0.2, 0) is 14.9 Å². The molecule has 7 heteroatoms. The summed E-state index contributed by atoms with van der Waals surface area (Å²) in [6, 6.07) is 0. The Labute approximate surface area is 97.9 Å². The molecule has 0 heterocycles. The Morgan fingerprint density at radius 2 is 1.80 bits per heavy atom. The summed E-state index contributed by atoms with van der Waals surface area (Å²) in [5, 5.41) is 8.00. The van der Waals surface area contributed by atoms with E-state index in [1.807, 2.05) is 0 Å². The van der Waals surface area contributed by atoms with E-state index >= 15 is 0 Å². The minimum Gasteiger partial charge on any atom is -0.478 e. The van der Waals surface area contributed by atoms with Crippen molar-refractivity contribution in [2.75, 3.05) is 0 Å². The van der Waals surface area contributed by atoms with Crippen molar-refractivity contribution in [1.82, 2.24) is 0 Å². The molecule has 0 fully saturated rings. The van der Waals surface area contributed by atoms with Gasteiger partial charge in [-0.3, -0.25) is 4.55 Å². The number of carboxylic acids is 1. The number of carbonyl (C=O) groups is 1. The predicted octanol–water partition coefficient (Wildman–Crippen LogP) is -0.908. The molecule has 0 unspecified atom stereocenters. The monoisotopic (exact) mass is 290 g/mol. The van der Waals surface area contributed by atoms with Crippen LogP contribution in [0.2, 0.25) is 0 Å². The van der Waals surface area contributed by atoms with E-state index in [1.54, 1.807) is 0 Å². The first-order chi connectivity index (χ1) is 3.92. The van der Waals surface area contributed by atoms with Gasteiger partial charge in [0.1, 0.15) is 0 Å². The first-order valence-electron chi connectivity index (χ1n) is 1.80. The molecular formula is C3H4BaO5S+2. The Morgan fingerprint density at radius 3 is 1.90 bits per heavy atom. The largest absolute Gasteiger partial charge is 2.00 e. The molecule has 10 heavy (non-hydrogen) atoms. The maximum atomic E-state index is 9.74. The van der Waals surface area contributed by atoms with E-state index in [-0.39, 0.29) is 54.3 Å². The van der Waals surface area contributed by atoms with Crippen LogP contribution in [0.15, 0.2) is 11.5 Å². The molecule has 5 nitrogen and oxygen atoms in total. The van der Waals surface area contributed by atoms with Gasteiger partial charge in [0.25, 0.3) is 10.1 Å². The van der Waals surface area contributed by atoms with E-state index < -0.39 is 16.1 Å². The molecule has 0 amide bonds. The van der Waals surface area contributed by atoms with Crippen LogP contribution in [0.1, 0.15) is 0 Å². The van der Waals surface area contributed by atoms with Crippen molar-refractivity contribution in [3.05, 3.63) is 11.5 Å². The predicted molar refractivity (Wildman–Crippen MR) is 34.1 cm³/mol. The van der Waals surface area contributed by atoms with Gasteiger partial charge < -0.3 is 5.11 Å². The standard InChI is InChI=1S/C3H4O5S.Ba/c4-3(5)1-2-9(6,7)8;/h1-2H,(H,4,5)(H,6,7,8);/q;+2/b2-1+;. The van der Waals surface area contributed by atoms with Gasteiger partial charge >= 0.3 is 54.9 Å². The van der Waals surface area contributed by atoms with E-state index in [4.69, 9.17) is 9.66 Å². The fourth-order valence-corrected chi connectivity index (χ4v) is 0.433. The topological polar surface area (TPSA) is 91.7 Å². The zero-order valence-electron chi connectivity index (χ0n) is 4.89. The third-order valence-corrected chi connectivity index (χ3v) is 0.863. The first-order valence-corrected chi connectivity index (χ1v) is 3.30. The van der Waals surface area contributed by atoms with Crippen LogP contribution in [0.5, 0.6) is 0 Å². The Hall–Kier alpha value is 0.691. The second-order valence-electron chi connectivity index (χ2n) is 1.16. The van der Waals surface area contributed by atoms with Gasteiger partial charge in [-0.05, 0) is 0 Å². The molecule has 0 aromatic carbocycles. The zero-order valence-corrected chi connectivity index (χ0v) is 10.1. The molecular weight excluding hydrogens is 285 g/mol. The summed E-state index contributed by atoms with van der Waals surface area (Å²) in [6.07, 6.45) is 0.329. The Balaban J connectivity index is 0. The van der Waals surface area contributed by atoms with Crippen molar-refractivity contribution in [2.24, 2.45) is 0 Å². The van der Waals surface area contributed by atoms with Crippen molar-refractivity contribution < 1.29 is 22.9 Å². The zero-order chi connectivity index (χ0) is 7.49. The van der Waals surface area contributed by atoms with E-state index in [0.29, 0.717) is 6.08 Å². The van der Waals surface area contributed by atoms with Crippen molar-refractivity contribution in [3.8, 4) is 0 Å². The molecule has 0 radical (unpaired) electrons. The Kier molecular flexibility index (Phi) is 7.12. The van der Waals surface area contributed by atoms with Gasteiger partial charge in [-0.2, -0.15) is 8.42 Å². The molecule has 0 spiro atoms. The van der Waals surface area contributed by atoms with Gasteiger partial charge in [0.15, 0.2) is 0 Å². The average Bonchev–Trinajstić information content (AvgIpc) is 1.59. The summed E-state index contributed by atoms with van der Waals surface area (Å²) in [5.41, 5.74) is 0. The number of carboxylic acid groups (broad SMARTS) is 1. The molecule has 0 rings (SSSR count). The second kappa shape index (κ2) is 5.36. The molecule has 0 aliphatic carbocycles. The number of rotatable bonds is 2. The minimum absolute atomic E-state index is 0. The van der Waals surface area contributed by atoms with Crippen LogP contribution >= 0.6 is 0 Å². The molecule has 0 aromatic rings. The maximum Gasteiger partial charge on any atom is 2.00 e. The molecule has 0 saturated carbocycles. The minimum atomic E-state index is -4.28. The van der Waals surface area contributed by atoms with Crippen LogP contribution in [0.4, 0.5) is 0 Å². The molecule has 0 aromatic heterocycles. The van der Waals surface area contributed by atoms with E-state index in [9.17, 15) is 13.2 Å². The van der Waals surface area contributed by atoms with Crippen LogP contribution in [0, 0.1) is 0 Å². The molecule has 0 saturated heterocycles. The van der Waals surface area contributed by atoms with Crippen LogP contribution in [-0.4, -0.2) is 72.9 Å². The molecule has 0 aliphatic rings. The van der Waals surface area contributed by atoms with Gasteiger partial charge in [-0.1, -0.05) is 0 Å². The molecule has 2 N–H and O–H groups in total. The number of hydrogen-bond donors (Lipinski definition) is 2. The molecule has 0 bridgehead atoms. The van der Waals surface area contributed by atoms with E-state index in [0.717, 1.165) is 0 Å². The van der Waals surface area contributed by atoms with Crippen molar-refractivity contribution in [3.63, 3.8) is 0 Å². The third-order valence-electron chi connectivity index (χ3n) is 0.383. The summed E-state index contributed by atoms with van der Waals surface area (Å²) in [5.74, 6) is -1.42. The SMILES string of the molecule is O=C(O)/C=C/S(=O)(=O)O.[Ba+2]. The van der Waals surface area contributed by atoms with Crippen molar-refractivity contribution in [1.29, 1.82) is 0 Å². The summed E-state index contributed by atoms with van der Waals surface area (Å²) in [6.45, 7) is 0. The summed E-state index contributed by atoms with van der Waals surface area (Å²) in [4.78, 5) is 9.58. The molecule has 0 aliphatic heterocycles. The number of aliphatic carboxylic acids is 1. The van der Waals surface area contributed by atoms with Crippen LogP contribution in [0.25, 0.3) is 0 Å². The van der Waals surface area contributed by atoms with Gasteiger partial charge in [-0.25, -0.2) is 4.79 Å². The Bertz CT molecular complexity index is 227. The van der Waals surface area contributed by atoms with Gasteiger partial charge in [0, 0.05) is 6.08 Å². The maximum absolute atomic E-state index is 9.74. The van der Waals surface area contributed by atoms with Crippen LogP contribution < -0.4 is 0 Å². The average molecular weight is 289 g/mol. The summed E-state index contributed by atoms with van der Waals surface area (Å²) < 4.78 is 27.4. The van der Waals surface area contributed by atoms with Gasteiger partial charge in [-0.15, -0.1) is 0 Å². The summed E-state index contributed by atoms with van der Waals surface area (Å²) in [7, 11) is -4.28. The molecule has 52 valence electrons.